The van der Waals surface area contributed by atoms with Crippen LogP contribution < -0.4 is 0 Å². The number of rotatable bonds is 7. The lowest BCUT2D eigenvalue weighted by atomic mass is 9.49. The summed E-state index contributed by atoms with van der Waals surface area (Å²) in [5.41, 5.74) is -7.69. The van der Waals surface area contributed by atoms with E-state index in [1.54, 1.807) is 20.8 Å². The molecule has 7 rings (SSSR count). The van der Waals surface area contributed by atoms with Crippen molar-refractivity contribution in [1.82, 2.24) is 4.90 Å². The van der Waals surface area contributed by atoms with Crippen molar-refractivity contribution in [3.8, 4) is 0 Å². The number of aliphatic hydroxyl groups excluding tert-OH is 1. The second kappa shape index (κ2) is 12.3. The summed E-state index contributed by atoms with van der Waals surface area (Å²) in [5, 5.41) is 62.3. The average molecular weight is 736 g/mol. The van der Waals surface area contributed by atoms with E-state index in [1.165, 1.54) is 13.8 Å². The van der Waals surface area contributed by atoms with Gasteiger partial charge >= 0.3 is 17.9 Å². The van der Waals surface area contributed by atoms with Gasteiger partial charge in [0.15, 0.2) is 17.8 Å². The van der Waals surface area contributed by atoms with E-state index in [0.29, 0.717) is 38.1 Å². The number of carbonyl (C=O) groups excluding carboxylic acids is 3. The summed E-state index contributed by atoms with van der Waals surface area (Å²) in [6.45, 7) is 14.9. The summed E-state index contributed by atoms with van der Waals surface area (Å²) in [4.78, 5) is 42.2. The fraction of sp³-hybridized carbons (Fsp3) is 0.923. The van der Waals surface area contributed by atoms with Crippen molar-refractivity contribution in [1.29, 1.82) is 0 Å². The highest BCUT2D eigenvalue weighted by atomic mass is 16.7. The van der Waals surface area contributed by atoms with Gasteiger partial charge in [-0.3, -0.25) is 14.5 Å². The maximum Gasteiger partial charge on any atom is 0.338 e. The Labute approximate surface area is 306 Å². The predicted molar refractivity (Wildman–Crippen MR) is 184 cm³/mol. The largest absolute Gasteiger partial charge is 0.458 e. The van der Waals surface area contributed by atoms with Crippen LogP contribution in [0, 0.1) is 46.8 Å². The van der Waals surface area contributed by atoms with Crippen molar-refractivity contribution in [2.75, 3.05) is 13.1 Å². The molecule has 0 unspecified atom stereocenters. The van der Waals surface area contributed by atoms with Gasteiger partial charge in [-0.2, -0.15) is 0 Å². The van der Waals surface area contributed by atoms with Crippen molar-refractivity contribution >= 4 is 17.9 Å². The Morgan fingerprint density at radius 3 is 2.37 bits per heavy atom. The van der Waals surface area contributed by atoms with Crippen molar-refractivity contribution in [2.45, 2.75) is 165 Å². The van der Waals surface area contributed by atoms with Crippen molar-refractivity contribution in [2.24, 2.45) is 46.8 Å². The zero-order valence-corrected chi connectivity index (χ0v) is 32.0. The van der Waals surface area contributed by atoms with Gasteiger partial charge in [0.25, 0.3) is 0 Å². The lowest BCUT2D eigenvalue weighted by Gasteiger charge is -2.64. The number of nitrogens with zero attached hydrogens (tertiary/aromatic N) is 1. The molecule has 4 bridgehead atoms. The summed E-state index contributed by atoms with van der Waals surface area (Å²) in [6.07, 6.45) is -2.14. The molecule has 4 saturated carbocycles. The molecule has 3 saturated heterocycles. The minimum absolute atomic E-state index is 0.000271. The third-order valence-corrected chi connectivity index (χ3v) is 15.7. The maximum absolute atomic E-state index is 13.9. The van der Waals surface area contributed by atoms with Gasteiger partial charge in [0.2, 0.25) is 5.79 Å². The van der Waals surface area contributed by atoms with Gasteiger partial charge in [-0.1, -0.05) is 34.6 Å². The Balaban J connectivity index is 1.40. The lowest BCUT2D eigenvalue weighted by molar-refractivity contribution is -0.302. The predicted octanol–water partition coefficient (Wildman–Crippen LogP) is 2.07. The van der Waals surface area contributed by atoms with E-state index in [4.69, 9.17) is 18.9 Å². The molecule has 0 radical (unpaired) electrons. The number of carbonyl (C=O) groups is 3. The molecule has 4 aliphatic carbocycles. The summed E-state index contributed by atoms with van der Waals surface area (Å²) < 4.78 is 25.2. The molecule has 3 aliphatic heterocycles. The van der Waals surface area contributed by atoms with Crippen LogP contribution in [-0.4, -0.2) is 120 Å². The highest BCUT2D eigenvalue weighted by Crippen LogP contribution is 2.77. The molecule has 7 aliphatic rings. The second-order valence-corrected chi connectivity index (χ2v) is 18.6. The SMILES string of the molecule is CC[C@@H](C)C(=O)O[C@H]1CC[C@@]2(C)[C@@H]3C[C@@H](O)[C@H]4[C@@]5(O)[C@@H](C[C@@]42O[C@]13O)[C@H]1CN2C[C@@H](C)CC[C@H]2[C@@](C)(O)[C@H]1[C@@H](OC(C)=O)[C@@H]5OC(=O)[C@@](C)(O)CC. The molecule has 294 valence electrons. The van der Waals surface area contributed by atoms with Crippen LogP contribution in [0.15, 0.2) is 0 Å². The number of hydrogen-bond donors (Lipinski definition) is 5. The van der Waals surface area contributed by atoms with Crippen LogP contribution in [0.1, 0.15) is 107 Å². The molecule has 18 atom stereocenters. The third kappa shape index (κ3) is 5.01. The molecule has 13 nitrogen and oxygen atoms in total. The van der Waals surface area contributed by atoms with Gasteiger partial charge in [-0.15, -0.1) is 0 Å². The molecule has 5 N–H and O–H groups in total. The van der Waals surface area contributed by atoms with E-state index in [9.17, 15) is 39.9 Å². The zero-order chi connectivity index (χ0) is 38.1. The molecule has 1 spiro atoms. The summed E-state index contributed by atoms with van der Waals surface area (Å²) in [6, 6.07) is -0.290. The number of ether oxygens (including phenoxy) is 4. The zero-order valence-electron chi connectivity index (χ0n) is 32.0. The van der Waals surface area contributed by atoms with Crippen molar-refractivity contribution in [3.05, 3.63) is 0 Å². The van der Waals surface area contributed by atoms with Gasteiger partial charge in [-0.25, -0.2) is 4.79 Å². The standard InChI is InChI=1S/C39H61NO12/c1-9-20(4)32(43)50-27-13-14-34(6)25-15-24(42)30-37(34,52-39(25,27)48)16-23-22-18-40-17-19(3)11-12-26(40)36(8,46)28(22)29(49-21(5)41)31(38(23,30)47)51-33(44)35(7,45)10-2/h19-20,22-31,42,45-48H,9-18H2,1-8H3/t19-,20+,22+,23-,24+,25-,26-,27-,28+,29+,30+,31-,34-,35-,36+,37+,38-,39-/m0/s1. The summed E-state index contributed by atoms with van der Waals surface area (Å²) in [5.74, 6) is -8.02. The van der Waals surface area contributed by atoms with Gasteiger partial charge in [-0.05, 0) is 83.0 Å². The van der Waals surface area contributed by atoms with E-state index >= 15 is 0 Å². The Morgan fingerprint density at radius 1 is 1.04 bits per heavy atom. The van der Waals surface area contributed by atoms with Crippen LogP contribution in [0.3, 0.4) is 0 Å². The van der Waals surface area contributed by atoms with Crippen LogP contribution in [0.4, 0.5) is 0 Å². The van der Waals surface area contributed by atoms with E-state index in [2.05, 4.69) is 11.8 Å². The first-order chi connectivity index (χ1) is 24.1. The van der Waals surface area contributed by atoms with Gasteiger partial charge < -0.3 is 44.5 Å². The fourth-order valence-electron chi connectivity index (χ4n) is 12.8. The molecule has 13 heteroatoms. The maximum atomic E-state index is 13.9. The first-order valence-electron chi connectivity index (χ1n) is 19.7. The highest BCUT2D eigenvalue weighted by molar-refractivity contribution is 5.79. The van der Waals surface area contributed by atoms with Gasteiger partial charge in [0.05, 0.1) is 23.2 Å². The van der Waals surface area contributed by atoms with E-state index < -0.39 is 111 Å². The molecule has 0 aromatic rings. The number of hydrogen-bond acceptors (Lipinski definition) is 13. The number of esters is 3. The van der Waals surface area contributed by atoms with Crippen molar-refractivity contribution < 1.29 is 58.9 Å². The number of piperidine rings is 2. The molecule has 3 heterocycles. The molecule has 7 fully saturated rings. The molecule has 52 heavy (non-hydrogen) atoms. The molecular formula is C39H61NO12. The van der Waals surface area contributed by atoms with Gasteiger partial charge in [0, 0.05) is 49.2 Å². The van der Waals surface area contributed by atoms with Crippen molar-refractivity contribution in [3.63, 3.8) is 0 Å². The molecule has 0 aromatic heterocycles. The normalized spacial score (nSPS) is 52.2. The third-order valence-electron chi connectivity index (χ3n) is 15.7. The molecule has 0 amide bonds. The first kappa shape index (κ1) is 38.4. The van der Waals surface area contributed by atoms with Gasteiger partial charge in [0.1, 0.15) is 11.7 Å². The van der Waals surface area contributed by atoms with Crippen LogP contribution in [-0.2, 0) is 33.3 Å². The molecule has 0 aromatic carbocycles. The summed E-state index contributed by atoms with van der Waals surface area (Å²) in [7, 11) is 0. The smallest absolute Gasteiger partial charge is 0.338 e. The lowest BCUT2D eigenvalue weighted by Crippen LogP contribution is -2.77. The number of fused-ring (bicyclic) bond motifs is 5. The van der Waals surface area contributed by atoms with Crippen LogP contribution in [0.5, 0.6) is 0 Å². The average Bonchev–Trinajstić information content (AvgIpc) is 3.35. The van der Waals surface area contributed by atoms with E-state index in [-0.39, 0.29) is 25.3 Å². The minimum atomic E-state index is -2.09. The highest BCUT2D eigenvalue weighted by Gasteiger charge is 2.87. The Morgan fingerprint density at radius 2 is 1.73 bits per heavy atom. The van der Waals surface area contributed by atoms with E-state index in [0.717, 1.165) is 13.0 Å². The Hall–Kier alpha value is -1.87. The Kier molecular flexibility index (Phi) is 9.10. The topological polar surface area (TPSA) is 193 Å². The fourth-order valence-corrected chi connectivity index (χ4v) is 12.8. The number of aliphatic hydroxyl groups is 5. The summed E-state index contributed by atoms with van der Waals surface area (Å²) >= 11 is 0. The molecular weight excluding hydrogens is 674 g/mol. The van der Waals surface area contributed by atoms with Crippen LogP contribution in [0.2, 0.25) is 0 Å². The van der Waals surface area contributed by atoms with Crippen LogP contribution >= 0.6 is 0 Å². The quantitative estimate of drug-likeness (QED) is 0.189. The minimum Gasteiger partial charge on any atom is -0.458 e. The first-order valence-corrected chi connectivity index (χ1v) is 19.7. The second-order valence-electron chi connectivity index (χ2n) is 18.6. The monoisotopic (exact) mass is 735 g/mol. The van der Waals surface area contributed by atoms with E-state index in [1.807, 2.05) is 13.8 Å². The Bertz CT molecular complexity index is 1470. The van der Waals surface area contributed by atoms with Crippen LogP contribution in [0.25, 0.3) is 0 Å².